The molecule has 1 aliphatic rings. The molecule has 0 bridgehead atoms. The molecule has 1 aromatic heterocycles. The predicted molar refractivity (Wildman–Crippen MR) is 98.5 cm³/mol. The number of halogens is 4. The number of alkyl halides is 3. The van der Waals surface area contributed by atoms with Crippen molar-refractivity contribution in [2.24, 2.45) is 0 Å². The molecule has 0 radical (unpaired) electrons. The van der Waals surface area contributed by atoms with E-state index in [1.165, 1.54) is 6.20 Å². The molecule has 1 saturated heterocycles. The minimum atomic E-state index is -4.85. The summed E-state index contributed by atoms with van der Waals surface area (Å²) in [5.74, 6) is -2.20. The Morgan fingerprint density at radius 3 is 2.25 bits per heavy atom. The highest BCUT2D eigenvalue weighted by Gasteiger charge is 2.43. The molecule has 148 valence electrons. The third-order valence-corrected chi connectivity index (χ3v) is 4.60. The van der Waals surface area contributed by atoms with Crippen LogP contribution in [0.5, 0.6) is 0 Å². The summed E-state index contributed by atoms with van der Waals surface area (Å²) >= 11 is 5.90. The van der Waals surface area contributed by atoms with Crippen LogP contribution in [-0.4, -0.2) is 54.1 Å². The summed E-state index contributed by atoms with van der Waals surface area (Å²) in [6.07, 6.45) is -3.37. The summed E-state index contributed by atoms with van der Waals surface area (Å²) in [6, 6.07) is 10.0. The van der Waals surface area contributed by atoms with Crippen molar-refractivity contribution < 1.29 is 22.8 Å². The number of piperazine rings is 1. The summed E-state index contributed by atoms with van der Waals surface area (Å²) in [5.41, 5.74) is 1.58. The second-order valence-corrected chi connectivity index (χ2v) is 6.48. The van der Waals surface area contributed by atoms with Gasteiger partial charge in [0.2, 0.25) is 0 Å². The van der Waals surface area contributed by atoms with Gasteiger partial charge in [-0.3, -0.25) is 9.59 Å². The lowest BCUT2D eigenvalue weighted by Gasteiger charge is -2.36. The number of amides is 2. The molecule has 3 rings (SSSR count). The highest BCUT2D eigenvalue weighted by molar-refractivity contribution is 6.33. The fraction of sp³-hybridized carbons (Fsp3) is 0.278. The Labute approximate surface area is 163 Å². The van der Waals surface area contributed by atoms with Crippen molar-refractivity contribution >= 4 is 34.8 Å². The largest absolute Gasteiger partial charge is 0.471 e. The number of pyridine rings is 1. The van der Waals surface area contributed by atoms with Gasteiger partial charge in [0, 0.05) is 43.8 Å². The normalized spacial score (nSPS) is 14.7. The van der Waals surface area contributed by atoms with Crippen molar-refractivity contribution in [3.63, 3.8) is 0 Å². The Bertz CT molecular complexity index is 866. The van der Waals surface area contributed by atoms with E-state index in [0.29, 0.717) is 18.8 Å². The van der Waals surface area contributed by atoms with Crippen LogP contribution in [0, 0.1) is 0 Å². The SMILES string of the molecule is O=C(Nc1ccc(N2CCN(C(=O)C(F)(F)F)CC2)cc1)c1cccnc1Cl. The maximum atomic E-state index is 12.5. The van der Waals surface area contributed by atoms with Crippen molar-refractivity contribution in [1.82, 2.24) is 9.88 Å². The van der Waals surface area contributed by atoms with Gasteiger partial charge < -0.3 is 15.1 Å². The number of nitrogens with one attached hydrogen (secondary N) is 1. The summed E-state index contributed by atoms with van der Waals surface area (Å²) in [7, 11) is 0. The zero-order valence-electron chi connectivity index (χ0n) is 14.5. The van der Waals surface area contributed by atoms with Gasteiger partial charge in [0.25, 0.3) is 5.91 Å². The lowest BCUT2D eigenvalue weighted by molar-refractivity contribution is -0.185. The molecule has 0 saturated carbocycles. The number of aromatic nitrogens is 1. The summed E-state index contributed by atoms with van der Waals surface area (Å²) < 4.78 is 37.5. The van der Waals surface area contributed by atoms with E-state index in [9.17, 15) is 22.8 Å². The van der Waals surface area contributed by atoms with E-state index in [4.69, 9.17) is 11.6 Å². The summed E-state index contributed by atoms with van der Waals surface area (Å²) in [5, 5.41) is 2.81. The van der Waals surface area contributed by atoms with Gasteiger partial charge >= 0.3 is 12.1 Å². The van der Waals surface area contributed by atoms with Gasteiger partial charge in [0.05, 0.1) is 5.56 Å². The first-order valence-electron chi connectivity index (χ1n) is 8.38. The first-order chi connectivity index (χ1) is 13.3. The van der Waals surface area contributed by atoms with Crippen LogP contribution in [0.15, 0.2) is 42.6 Å². The van der Waals surface area contributed by atoms with Crippen LogP contribution >= 0.6 is 11.6 Å². The minimum Gasteiger partial charge on any atom is -0.368 e. The second kappa shape index (κ2) is 8.05. The van der Waals surface area contributed by atoms with Crippen molar-refractivity contribution in [3.05, 3.63) is 53.3 Å². The number of benzene rings is 1. The van der Waals surface area contributed by atoms with Crippen molar-refractivity contribution in [2.75, 3.05) is 36.4 Å². The fourth-order valence-corrected chi connectivity index (χ4v) is 3.06. The quantitative estimate of drug-likeness (QED) is 0.786. The van der Waals surface area contributed by atoms with Crippen molar-refractivity contribution in [1.29, 1.82) is 0 Å². The third kappa shape index (κ3) is 4.53. The zero-order valence-corrected chi connectivity index (χ0v) is 15.3. The maximum Gasteiger partial charge on any atom is 0.471 e. The average Bonchev–Trinajstić information content (AvgIpc) is 2.68. The molecule has 0 spiro atoms. The Morgan fingerprint density at radius 2 is 1.68 bits per heavy atom. The van der Waals surface area contributed by atoms with Gasteiger partial charge in [0.1, 0.15) is 5.15 Å². The lowest BCUT2D eigenvalue weighted by Crippen LogP contribution is -2.52. The molecular formula is C18H16ClF3N4O2. The van der Waals surface area contributed by atoms with Crippen molar-refractivity contribution in [2.45, 2.75) is 6.18 Å². The standard InChI is InChI=1S/C18H16ClF3N4O2/c19-15-14(2-1-7-23-15)16(27)24-12-3-5-13(6-4-12)25-8-10-26(11-9-25)17(28)18(20,21)22/h1-7H,8-11H2,(H,24,27). The molecule has 10 heteroatoms. The van der Waals surface area contributed by atoms with Gasteiger partial charge in [-0.1, -0.05) is 11.6 Å². The lowest BCUT2D eigenvalue weighted by atomic mass is 10.2. The second-order valence-electron chi connectivity index (χ2n) is 6.12. The number of hydrogen-bond acceptors (Lipinski definition) is 4. The van der Waals surface area contributed by atoms with Gasteiger partial charge in [-0.25, -0.2) is 4.98 Å². The molecule has 1 N–H and O–H groups in total. The van der Waals surface area contributed by atoms with E-state index in [1.54, 1.807) is 36.4 Å². The van der Waals surface area contributed by atoms with E-state index < -0.39 is 18.0 Å². The molecule has 2 aromatic rings. The predicted octanol–water partition coefficient (Wildman–Crippen LogP) is 3.20. The Balaban J connectivity index is 1.59. The highest BCUT2D eigenvalue weighted by atomic mass is 35.5. The average molecular weight is 413 g/mol. The maximum absolute atomic E-state index is 12.5. The van der Waals surface area contributed by atoms with E-state index >= 15 is 0 Å². The smallest absolute Gasteiger partial charge is 0.368 e. The molecule has 1 aromatic carbocycles. The first-order valence-corrected chi connectivity index (χ1v) is 8.76. The highest BCUT2D eigenvalue weighted by Crippen LogP contribution is 2.23. The number of carbonyl (C=O) groups is 2. The number of hydrogen-bond donors (Lipinski definition) is 1. The number of rotatable bonds is 3. The minimum absolute atomic E-state index is 0.00363. The molecule has 0 aliphatic carbocycles. The molecule has 1 fully saturated rings. The summed E-state index contributed by atoms with van der Waals surface area (Å²) in [4.78, 5) is 30.0. The van der Waals surface area contributed by atoms with E-state index in [0.717, 1.165) is 10.6 Å². The Kier molecular flexibility index (Phi) is 5.73. The Hall–Kier alpha value is -2.81. The number of anilines is 2. The van der Waals surface area contributed by atoms with Crippen LogP contribution in [0.4, 0.5) is 24.5 Å². The Morgan fingerprint density at radius 1 is 1.04 bits per heavy atom. The van der Waals surface area contributed by atoms with Gasteiger partial charge in [-0.05, 0) is 36.4 Å². The number of carbonyl (C=O) groups excluding carboxylic acids is 2. The number of nitrogens with zero attached hydrogens (tertiary/aromatic N) is 3. The van der Waals surface area contributed by atoms with Crippen LogP contribution in [0.2, 0.25) is 5.15 Å². The van der Waals surface area contributed by atoms with E-state index in [-0.39, 0.29) is 23.8 Å². The van der Waals surface area contributed by atoms with Crippen LogP contribution < -0.4 is 10.2 Å². The molecule has 0 unspecified atom stereocenters. The molecule has 6 nitrogen and oxygen atoms in total. The van der Waals surface area contributed by atoms with Gasteiger partial charge in [0.15, 0.2) is 0 Å². The first kappa shape index (κ1) is 19.9. The monoisotopic (exact) mass is 412 g/mol. The zero-order chi connectivity index (χ0) is 20.3. The van der Waals surface area contributed by atoms with Crippen LogP contribution in [0.1, 0.15) is 10.4 Å². The van der Waals surface area contributed by atoms with Gasteiger partial charge in [-0.2, -0.15) is 13.2 Å². The van der Waals surface area contributed by atoms with E-state index in [2.05, 4.69) is 10.3 Å². The molecule has 2 amide bonds. The fourth-order valence-electron chi connectivity index (χ4n) is 2.86. The molecule has 28 heavy (non-hydrogen) atoms. The molecular weight excluding hydrogens is 397 g/mol. The van der Waals surface area contributed by atoms with Crippen LogP contribution in [0.3, 0.4) is 0 Å². The van der Waals surface area contributed by atoms with Gasteiger partial charge in [-0.15, -0.1) is 0 Å². The van der Waals surface area contributed by atoms with Crippen LogP contribution in [-0.2, 0) is 4.79 Å². The molecule has 1 aliphatic heterocycles. The molecule has 0 atom stereocenters. The van der Waals surface area contributed by atoms with Crippen molar-refractivity contribution in [3.8, 4) is 0 Å². The third-order valence-electron chi connectivity index (χ3n) is 4.30. The summed E-state index contributed by atoms with van der Waals surface area (Å²) in [6.45, 7) is 0.574. The van der Waals surface area contributed by atoms with E-state index in [1.807, 2.05) is 4.90 Å². The van der Waals surface area contributed by atoms with Crippen LogP contribution in [0.25, 0.3) is 0 Å². The molecule has 2 heterocycles. The topological polar surface area (TPSA) is 65.5 Å².